The van der Waals surface area contributed by atoms with Gasteiger partial charge in [0.2, 0.25) is 5.91 Å². The third-order valence-corrected chi connectivity index (χ3v) is 6.38. The number of amides is 2. The van der Waals surface area contributed by atoms with E-state index in [4.69, 9.17) is 10.1 Å². The number of nitrogens with one attached hydrogen (secondary N) is 1. The minimum atomic E-state index is -0.156. The van der Waals surface area contributed by atoms with Gasteiger partial charge in [0.1, 0.15) is 6.54 Å². The standard InChI is InChI=1S/C29H29N5O2/c1-21-9-8-12-24(19-21)29(36)30-25-15-13-22(14-16-25)27-31-28(23-10-4-2-5-11-23)34(32-27)20-26(35)33-17-6-3-7-18-33/h2,4-5,8-16,19H,3,6-7,17-18,20H2,1H3,(H,30,36). The van der Waals surface area contributed by atoms with Crippen LogP contribution in [0.3, 0.4) is 0 Å². The first kappa shape index (κ1) is 23.5. The van der Waals surface area contributed by atoms with Crippen LogP contribution in [0.2, 0.25) is 0 Å². The Morgan fingerprint density at radius 3 is 2.33 bits per heavy atom. The number of likely N-dealkylation sites (tertiary alicyclic amines) is 1. The fraction of sp³-hybridized carbons (Fsp3) is 0.241. The normalized spacial score (nSPS) is 13.4. The summed E-state index contributed by atoms with van der Waals surface area (Å²) in [6.07, 6.45) is 3.27. The van der Waals surface area contributed by atoms with Crippen LogP contribution in [0.25, 0.3) is 22.8 Å². The molecule has 7 nitrogen and oxygen atoms in total. The van der Waals surface area contributed by atoms with Crippen LogP contribution >= 0.6 is 0 Å². The summed E-state index contributed by atoms with van der Waals surface area (Å²) in [6, 6.07) is 24.7. The van der Waals surface area contributed by atoms with E-state index in [-0.39, 0.29) is 18.4 Å². The molecule has 4 aromatic rings. The van der Waals surface area contributed by atoms with Crippen molar-refractivity contribution < 1.29 is 9.59 Å². The molecule has 1 fully saturated rings. The molecule has 5 rings (SSSR count). The van der Waals surface area contributed by atoms with E-state index in [1.165, 1.54) is 6.42 Å². The summed E-state index contributed by atoms with van der Waals surface area (Å²) in [6.45, 7) is 3.72. The van der Waals surface area contributed by atoms with E-state index >= 15 is 0 Å². The number of aromatic nitrogens is 3. The van der Waals surface area contributed by atoms with Crippen LogP contribution in [-0.4, -0.2) is 44.6 Å². The summed E-state index contributed by atoms with van der Waals surface area (Å²) in [5.41, 5.74) is 4.06. The summed E-state index contributed by atoms with van der Waals surface area (Å²) in [4.78, 5) is 32.3. The summed E-state index contributed by atoms with van der Waals surface area (Å²) in [7, 11) is 0. The Morgan fingerprint density at radius 1 is 0.861 bits per heavy atom. The minimum Gasteiger partial charge on any atom is -0.341 e. The predicted octanol–water partition coefficient (Wildman–Crippen LogP) is 5.19. The first-order valence-electron chi connectivity index (χ1n) is 12.3. The third kappa shape index (κ3) is 5.35. The Bertz CT molecular complexity index is 1360. The molecule has 36 heavy (non-hydrogen) atoms. The predicted molar refractivity (Wildman–Crippen MR) is 140 cm³/mol. The topological polar surface area (TPSA) is 80.1 Å². The van der Waals surface area contributed by atoms with Crippen molar-refractivity contribution in [1.82, 2.24) is 19.7 Å². The first-order valence-corrected chi connectivity index (χ1v) is 12.3. The quantitative estimate of drug-likeness (QED) is 0.413. The van der Waals surface area contributed by atoms with E-state index < -0.39 is 0 Å². The van der Waals surface area contributed by atoms with Crippen molar-refractivity contribution in [2.24, 2.45) is 0 Å². The number of carbonyl (C=O) groups excluding carboxylic acids is 2. The molecule has 1 aliphatic heterocycles. The zero-order chi connectivity index (χ0) is 24.9. The number of aryl methyl sites for hydroxylation is 1. The van der Waals surface area contributed by atoms with Crippen LogP contribution in [0.1, 0.15) is 35.2 Å². The molecule has 0 aliphatic carbocycles. The van der Waals surface area contributed by atoms with Gasteiger partial charge in [-0.1, -0.05) is 48.0 Å². The summed E-state index contributed by atoms with van der Waals surface area (Å²) >= 11 is 0. The molecule has 2 heterocycles. The van der Waals surface area contributed by atoms with Gasteiger partial charge < -0.3 is 10.2 Å². The summed E-state index contributed by atoms with van der Waals surface area (Å²) in [5.74, 6) is 1.11. The molecule has 3 aromatic carbocycles. The van der Waals surface area contributed by atoms with Crippen molar-refractivity contribution in [2.45, 2.75) is 32.7 Å². The largest absolute Gasteiger partial charge is 0.341 e. The van der Waals surface area contributed by atoms with Crippen LogP contribution in [0.5, 0.6) is 0 Å². The zero-order valence-electron chi connectivity index (χ0n) is 20.4. The number of anilines is 1. The number of nitrogens with zero attached hydrogens (tertiary/aromatic N) is 4. The van der Waals surface area contributed by atoms with Gasteiger partial charge in [-0.15, -0.1) is 5.10 Å². The second-order valence-electron chi connectivity index (χ2n) is 9.13. The van der Waals surface area contributed by atoms with Gasteiger partial charge in [0.15, 0.2) is 11.6 Å². The van der Waals surface area contributed by atoms with Gasteiger partial charge in [-0.2, -0.15) is 0 Å². The Balaban J connectivity index is 1.37. The second-order valence-corrected chi connectivity index (χ2v) is 9.13. The lowest BCUT2D eigenvalue weighted by Gasteiger charge is -2.26. The molecular formula is C29H29N5O2. The number of hydrogen-bond acceptors (Lipinski definition) is 4. The van der Waals surface area contributed by atoms with Crippen LogP contribution < -0.4 is 5.32 Å². The van der Waals surface area contributed by atoms with Crippen LogP contribution in [0.4, 0.5) is 5.69 Å². The highest BCUT2D eigenvalue weighted by atomic mass is 16.2. The van der Waals surface area contributed by atoms with Crippen molar-refractivity contribution in [1.29, 1.82) is 0 Å². The van der Waals surface area contributed by atoms with E-state index in [2.05, 4.69) is 5.32 Å². The van der Waals surface area contributed by atoms with Gasteiger partial charge in [-0.3, -0.25) is 9.59 Å². The van der Waals surface area contributed by atoms with Crippen LogP contribution in [0, 0.1) is 6.92 Å². The van der Waals surface area contributed by atoms with Crippen LogP contribution in [0.15, 0.2) is 78.9 Å². The van der Waals surface area contributed by atoms with Gasteiger partial charge in [-0.25, -0.2) is 9.67 Å². The van der Waals surface area contributed by atoms with Crippen molar-refractivity contribution in [3.05, 3.63) is 90.0 Å². The summed E-state index contributed by atoms with van der Waals surface area (Å²) in [5, 5.41) is 7.64. The Labute approximate surface area is 210 Å². The van der Waals surface area contributed by atoms with Gasteiger partial charge >= 0.3 is 0 Å². The number of piperidine rings is 1. The highest BCUT2D eigenvalue weighted by molar-refractivity contribution is 6.04. The average molecular weight is 480 g/mol. The van der Waals surface area contributed by atoms with E-state index in [1.54, 1.807) is 10.7 Å². The van der Waals surface area contributed by atoms with E-state index in [0.29, 0.717) is 22.9 Å². The minimum absolute atomic E-state index is 0.0672. The summed E-state index contributed by atoms with van der Waals surface area (Å²) < 4.78 is 1.70. The maximum Gasteiger partial charge on any atom is 0.255 e. The Morgan fingerprint density at radius 2 is 1.61 bits per heavy atom. The zero-order valence-corrected chi connectivity index (χ0v) is 20.4. The molecule has 1 aromatic heterocycles. The number of hydrogen-bond donors (Lipinski definition) is 1. The van der Waals surface area contributed by atoms with Crippen LogP contribution in [-0.2, 0) is 11.3 Å². The maximum atomic E-state index is 13.0. The Hall–Kier alpha value is -4.26. The van der Waals surface area contributed by atoms with E-state index in [9.17, 15) is 9.59 Å². The van der Waals surface area contributed by atoms with Gasteiger partial charge in [-0.05, 0) is 62.6 Å². The molecule has 0 bridgehead atoms. The SMILES string of the molecule is Cc1cccc(C(=O)Nc2ccc(-c3nc(-c4ccccc4)n(CC(=O)N4CCCCC4)n3)cc2)c1. The smallest absolute Gasteiger partial charge is 0.255 e. The fourth-order valence-electron chi connectivity index (χ4n) is 4.44. The highest BCUT2D eigenvalue weighted by Crippen LogP contribution is 2.24. The van der Waals surface area contributed by atoms with Gasteiger partial charge in [0.05, 0.1) is 0 Å². The van der Waals surface area contributed by atoms with Crippen molar-refractivity contribution >= 4 is 17.5 Å². The lowest BCUT2D eigenvalue weighted by molar-refractivity contribution is -0.132. The lowest BCUT2D eigenvalue weighted by atomic mass is 10.1. The molecule has 1 aliphatic rings. The molecule has 0 unspecified atom stereocenters. The number of carbonyl (C=O) groups is 2. The fourth-order valence-corrected chi connectivity index (χ4v) is 4.44. The van der Waals surface area contributed by atoms with E-state index in [1.807, 2.05) is 84.6 Å². The lowest BCUT2D eigenvalue weighted by Crippen LogP contribution is -2.38. The maximum absolute atomic E-state index is 13.0. The number of benzene rings is 3. The van der Waals surface area contributed by atoms with Crippen molar-refractivity contribution in [3.63, 3.8) is 0 Å². The molecule has 182 valence electrons. The van der Waals surface area contributed by atoms with Crippen molar-refractivity contribution in [3.8, 4) is 22.8 Å². The second kappa shape index (κ2) is 10.6. The molecule has 7 heteroatoms. The van der Waals surface area contributed by atoms with E-state index in [0.717, 1.165) is 42.6 Å². The molecule has 0 spiro atoms. The van der Waals surface area contributed by atoms with Gasteiger partial charge in [0.25, 0.3) is 5.91 Å². The molecular weight excluding hydrogens is 450 g/mol. The molecule has 1 saturated heterocycles. The highest BCUT2D eigenvalue weighted by Gasteiger charge is 2.21. The first-order chi connectivity index (χ1) is 17.6. The molecule has 0 saturated carbocycles. The van der Waals surface area contributed by atoms with Gasteiger partial charge in [0, 0.05) is 35.5 Å². The number of rotatable bonds is 6. The average Bonchev–Trinajstić information content (AvgIpc) is 3.33. The molecule has 2 amide bonds. The molecule has 0 radical (unpaired) electrons. The third-order valence-electron chi connectivity index (χ3n) is 6.38. The Kier molecular flexibility index (Phi) is 6.89. The monoisotopic (exact) mass is 479 g/mol. The van der Waals surface area contributed by atoms with Crippen molar-refractivity contribution in [2.75, 3.05) is 18.4 Å². The molecule has 0 atom stereocenters. The molecule has 1 N–H and O–H groups in total.